The first-order chi connectivity index (χ1) is 7.74. The minimum Gasteiger partial charge on any atom is -0.294 e. The van der Waals surface area contributed by atoms with Crippen LogP contribution in [-0.2, 0) is 0 Å². The van der Waals surface area contributed by atoms with Gasteiger partial charge in [-0.3, -0.25) is 4.79 Å². The maximum Gasteiger partial charge on any atom is 0.162 e. The highest BCUT2D eigenvalue weighted by atomic mass is 16.1. The van der Waals surface area contributed by atoms with Gasteiger partial charge in [0.05, 0.1) is 0 Å². The van der Waals surface area contributed by atoms with Crippen LogP contribution >= 0.6 is 0 Å². The molecule has 0 N–H and O–H groups in total. The largest absolute Gasteiger partial charge is 0.294 e. The molecule has 1 radical (unpaired) electrons. The summed E-state index contributed by atoms with van der Waals surface area (Å²) in [5.74, 6) is 0.273. The van der Waals surface area contributed by atoms with E-state index in [1.807, 2.05) is 31.2 Å². The third kappa shape index (κ3) is 4.61. The van der Waals surface area contributed by atoms with E-state index in [4.69, 9.17) is 0 Å². The lowest BCUT2D eigenvalue weighted by molar-refractivity contribution is 0.0979. The highest BCUT2D eigenvalue weighted by Gasteiger charge is 2.04. The van der Waals surface area contributed by atoms with E-state index in [0.29, 0.717) is 6.42 Å². The van der Waals surface area contributed by atoms with Crippen LogP contribution in [0.1, 0.15) is 54.4 Å². The zero-order valence-corrected chi connectivity index (χ0v) is 10.2. The predicted octanol–water partition coefficient (Wildman–Crippen LogP) is 4.35. The fourth-order valence-electron chi connectivity index (χ4n) is 1.70. The van der Waals surface area contributed by atoms with Crippen LogP contribution in [0.4, 0.5) is 0 Å². The molecule has 0 spiro atoms. The van der Waals surface area contributed by atoms with Gasteiger partial charge in [0, 0.05) is 12.0 Å². The zero-order valence-electron chi connectivity index (χ0n) is 10.2. The summed E-state index contributed by atoms with van der Waals surface area (Å²) in [5, 5.41) is 0. The van der Waals surface area contributed by atoms with Gasteiger partial charge >= 0.3 is 0 Å². The molecule has 0 amide bonds. The summed E-state index contributed by atoms with van der Waals surface area (Å²) in [6.07, 6.45) is 6.22. The van der Waals surface area contributed by atoms with Crippen molar-refractivity contribution < 1.29 is 4.79 Å². The standard InChI is InChI=1S/C15H21O/c1-3-4-5-6-7-8-15(16)14-11-9-13(2)10-12-14/h9-12H,1,3-8H2,2H3. The van der Waals surface area contributed by atoms with Crippen molar-refractivity contribution in [1.29, 1.82) is 0 Å². The fourth-order valence-corrected chi connectivity index (χ4v) is 1.70. The first kappa shape index (κ1) is 13.0. The van der Waals surface area contributed by atoms with E-state index in [-0.39, 0.29) is 5.78 Å². The summed E-state index contributed by atoms with van der Waals surface area (Å²) in [6.45, 7) is 5.84. The van der Waals surface area contributed by atoms with Crippen LogP contribution < -0.4 is 0 Å². The number of ketones is 1. The summed E-state index contributed by atoms with van der Waals surface area (Å²) in [7, 11) is 0. The number of carbonyl (C=O) groups excluding carboxylic acids is 1. The van der Waals surface area contributed by atoms with E-state index < -0.39 is 0 Å². The summed E-state index contributed by atoms with van der Waals surface area (Å²) < 4.78 is 0. The fraction of sp³-hybridized carbons (Fsp3) is 0.467. The molecule has 1 aromatic carbocycles. The smallest absolute Gasteiger partial charge is 0.162 e. The van der Waals surface area contributed by atoms with E-state index in [0.717, 1.165) is 24.8 Å². The number of Topliss-reactive ketones (excluding diaryl/α,β-unsaturated/α-hetero) is 1. The third-order valence-electron chi connectivity index (χ3n) is 2.78. The van der Waals surface area contributed by atoms with Gasteiger partial charge < -0.3 is 0 Å². The molecule has 0 saturated heterocycles. The second-order valence-corrected chi connectivity index (χ2v) is 4.31. The minimum atomic E-state index is 0.273. The van der Waals surface area contributed by atoms with Gasteiger partial charge in [0.15, 0.2) is 5.78 Å². The Morgan fingerprint density at radius 2 is 1.69 bits per heavy atom. The molecule has 0 heterocycles. The number of unbranched alkanes of at least 4 members (excludes halogenated alkanes) is 4. The summed E-state index contributed by atoms with van der Waals surface area (Å²) in [4.78, 5) is 11.8. The number of hydrogen-bond acceptors (Lipinski definition) is 1. The van der Waals surface area contributed by atoms with E-state index in [2.05, 4.69) is 6.92 Å². The Kier molecular flexibility index (Phi) is 5.84. The molecule has 1 rings (SSSR count). The lowest BCUT2D eigenvalue weighted by Crippen LogP contribution is -1.98. The molecule has 16 heavy (non-hydrogen) atoms. The number of rotatable bonds is 7. The maximum absolute atomic E-state index is 11.8. The van der Waals surface area contributed by atoms with Crippen molar-refractivity contribution in [1.82, 2.24) is 0 Å². The Hall–Kier alpha value is -1.11. The van der Waals surface area contributed by atoms with Gasteiger partial charge in [-0.1, -0.05) is 62.4 Å². The van der Waals surface area contributed by atoms with E-state index >= 15 is 0 Å². The Bertz CT molecular complexity index is 311. The van der Waals surface area contributed by atoms with Gasteiger partial charge in [-0.15, -0.1) is 0 Å². The molecule has 1 aromatic rings. The Balaban J connectivity index is 2.27. The monoisotopic (exact) mass is 217 g/mol. The molecule has 0 unspecified atom stereocenters. The molecule has 0 aliphatic rings. The average Bonchev–Trinajstić information content (AvgIpc) is 2.29. The maximum atomic E-state index is 11.8. The van der Waals surface area contributed by atoms with Gasteiger partial charge in [-0.25, -0.2) is 0 Å². The number of carbonyl (C=O) groups is 1. The number of aryl methyl sites for hydroxylation is 1. The SMILES string of the molecule is [CH2]CCCCCCC(=O)c1ccc(C)cc1. The number of benzene rings is 1. The molecule has 0 saturated carbocycles. The van der Waals surface area contributed by atoms with Crippen molar-refractivity contribution in [2.24, 2.45) is 0 Å². The molecule has 1 nitrogen and oxygen atoms in total. The first-order valence-electron chi connectivity index (χ1n) is 6.13. The molecular formula is C15H21O. The molecule has 0 fully saturated rings. The van der Waals surface area contributed by atoms with Crippen molar-refractivity contribution in [2.45, 2.75) is 45.4 Å². The van der Waals surface area contributed by atoms with E-state index in [1.165, 1.54) is 18.4 Å². The van der Waals surface area contributed by atoms with Crippen molar-refractivity contribution >= 4 is 5.78 Å². The number of hydrogen-bond donors (Lipinski definition) is 0. The van der Waals surface area contributed by atoms with Crippen LogP contribution in [-0.4, -0.2) is 5.78 Å². The van der Waals surface area contributed by atoms with Crippen LogP contribution in [0.2, 0.25) is 0 Å². The molecule has 0 aromatic heterocycles. The van der Waals surface area contributed by atoms with Crippen molar-refractivity contribution in [3.8, 4) is 0 Å². The van der Waals surface area contributed by atoms with Gasteiger partial charge in [0.25, 0.3) is 0 Å². The minimum absolute atomic E-state index is 0.273. The van der Waals surface area contributed by atoms with Crippen LogP contribution in [0.5, 0.6) is 0 Å². The topological polar surface area (TPSA) is 17.1 Å². The third-order valence-corrected chi connectivity index (χ3v) is 2.78. The molecule has 0 aliphatic carbocycles. The zero-order chi connectivity index (χ0) is 11.8. The summed E-state index contributed by atoms with van der Waals surface area (Å²) in [5.41, 5.74) is 2.05. The Morgan fingerprint density at radius 3 is 2.31 bits per heavy atom. The summed E-state index contributed by atoms with van der Waals surface area (Å²) in [6, 6.07) is 7.84. The molecule has 1 heteroatoms. The van der Waals surface area contributed by atoms with Gasteiger partial charge in [-0.05, 0) is 13.3 Å². The van der Waals surface area contributed by atoms with Crippen LogP contribution in [0.25, 0.3) is 0 Å². The lowest BCUT2D eigenvalue weighted by atomic mass is 10.0. The second kappa shape index (κ2) is 7.21. The van der Waals surface area contributed by atoms with Crippen LogP contribution in [0.3, 0.4) is 0 Å². The molecule has 0 bridgehead atoms. The second-order valence-electron chi connectivity index (χ2n) is 4.31. The molecule has 0 atom stereocenters. The predicted molar refractivity (Wildman–Crippen MR) is 68.6 cm³/mol. The van der Waals surface area contributed by atoms with Gasteiger partial charge in [-0.2, -0.15) is 0 Å². The van der Waals surface area contributed by atoms with Gasteiger partial charge in [0.1, 0.15) is 0 Å². The van der Waals surface area contributed by atoms with E-state index in [9.17, 15) is 4.79 Å². The molecule has 0 aliphatic heterocycles. The first-order valence-corrected chi connectivity index (χ1v) is 6.13. The van der Waals surface area contributed by atoms with Gasteiger partial charge in [0.2, 0.25) is 0 Å². The van der Waals surface area contributed by atoms with E-state index in [1.54, 1.807) is 0 Å². The quantitative estimate of drug-likeness (QED) is 0.490. The van der Waals surface area contributed by atoms with Crippen LogP contribution in [0.15, 0.2) is 24.3 Å². The Labute approximate surface area is 98.9 Å². The molecule has 87 valence electrons. The van der Waals surface area contributed by atoms with Crippen molar-refractivity contribution in [3.63, 3.8) is 0 Å². The Morgan fingerprint density at radius 1 is 1.06 bits per heavy atom. The lowest BCUT2D eigenvalue weighted by Gasteiger charge is -2.01. The highest BCUT2D eigenvalue weighted by Crippen LogP contribution is 2.10. The summed E-state index contributed by atoms with van der Waals surface area (Å²) >= 11 is 0. The average molecular weight is 217 g/mol. The van der Waals surface area contributed by atoms with Crippen molar-refractivity contribution in [3.05, 3.63) is 42.3 Å². The van der Waals surface area contributed by atoms with Crippen LogP contribution in [0, 0.1) is 13.8 Å². The normalized spacial score (nSPS) is 10.4. The van der Waals surface area contributed by atoms with Crippen molar-refractivity contribution in [2.75, 3.05) is 0 Å². The highest BCUT2D eigenvalue weighted by molar-refractivity contribution is 5.96. The molecular weight excluding hydrogens is 196 g/mol.